The van der Waals surface area contributed by atoms with Crippen LogP contribution in [0.1, 0.15) is 45.4 Å². The maximum Gasteiger partial charge on any atom is 0.133 e. The van der Waals surface area contributed by atoms with E-state index < -0.39 is 18.4 Å². The molecule has 0 aromatic rings. The molecule has 0 spiro atoms. The summed E-state index contributed by atoms with van der Waals surface area (Å²) in [4.78, 5) is 11.5. The minimum Gasteiger partial charge on any atom is -0.392 e. The van der Waals surface area contributed by atoms with Crippen LogP contribution < -0.4 is 0 Å². The molecule has 2 rings (SSSR count). The van der Waals surface area contributed by atoms with Crippen LogP contribution in [0.4, 0.5) is 4.39 Å². The molecule has 0 saturated heterocycles. The molecule has 6 atom stereocenters. The molecular formula is C16H25FO3. The van der Waals surface area contributed by atoms with Gasteiger partial charge in [-0.15, -0.1) is 0 Å². The van der Waals surface area contributed by atoms with E-state index in [1.807, 2.05) is 6.92 Å². The van der Waals surface area contributed by atoms with Crippen molar-refractivity contribution >= 4 is 5.78 Å². The van der Waals surface area contributed by atoms with Gasteiger partial charge in [0, 0.05) is 18.8 Å². The first-order chi connectivity index (χ1) is 9.52. The second-order valence-corrected chi connectivity index (χ2v) is 6.28. The molecule has 2 unspecified atom stereocenters. The number of rotatable bonds is 6. The van der Waals surface area contributed by atoms with Gasteiger partial charge in [0.15, 0.2) is 0 Å². The van der Waals surface area contributed by atoms with Crippen molar-refractivity contribution in [1.82, 2.24) is 0 Å². The Morgan fingerprint density at radius 3 is 2.90 bits per heavy atom. The number of hydrogen-bond donors (Lipinski definition) is 2. The second kappa shape index (κ2) is 6.81. The highest BCUT2D eigenvalue weighted by Gasteiger charge is 2.46. The third-order valence-corrected chi connectivity index (χ3v) is 4.78. The quantitative estimate of drug-likeness (QED) is 0.736. The van der Waals surface area contributed by atoms with Gasteiger partial charge in [-0.05, 0) is 24.7 Å². The van der Waals surface area contributed by atoms with E-state index in [4.69, 9.17) is 0 Å². The Morgan fingerprint density at radius 1 is 1.45 bits per heavy atom. The van der Waals surface area contributed by atoms with Crippen molar-refractivity contribution < 1.29 is 19.4 Å². The van der Waals surface area contributed by atoms with E-state index in [1.165, 1.54) is 6.08 Å². The molecule has 0 aliphatic heterocycles. The van der Waals surface area contributed by atoms with Gasteiger partial charge in [0.25, 0.3) is 0 Å². The molecule has 0 bridgehead atoms. The lowest BCUT2D eigenvalue weighted by molar-refractivity contribution is -0.118. The molecule has 3 nitrogen and oxygen atoms in total. The smallest absolute Gasteiger partial charge is 0.133 e. The van der Waals surface area contributed by atoms with Gasteiger partial charge in [-0.1, -0.05) is 31.9 Å². The van der Waals surface area contributed by atoms with Gasteiger partial charge < -0.3 is 10.2 Å². The van der Waals surface area contributed by atoms with Crippen LogP contribution >= 0.6 is 0 Å². The summed E-state index contributed by atoms with van der Waals surface area (Å²) < 4.78 is 13.7. The van der Waals surface area contributed by atoms with E-state index in [0.29, 0.717) is 25.7 Å². The average Bonchev–Trinajstić information content (AvgIpc) is 2.88. The van der Waals surface area contributed by atoms with E-state index in [-0.39, 0.29) is 23.5 Å². The first-order valence-corrected chi connectivity index (χ1v) is 7.73. The Labute approximate surface area is 119 Å². The Morgan fingerprint density at radius 2 is 2.20 bits per heavy atom. The van der Waals surface area contributed by atoms with Gasteiger partial charge >= 0.3 is 0 Å². The zero-order valence-electron chi connectivity index (χ0n) is 12.0. The Bertz CT molecular complexity index is 369. The van der Waals surface area contributed by atoms with E-state index >= 15 is 0 Å². The first-order valence-electron chi connectivity index (χ1n) is 7.73. The van der Waals surface area contributed by atoms with Gasteiger partial charge in [0.05, 0.1) is 6.10 Å². The lowest BCUT2D eigenvalue weighted by Gasteiger charge is -2.18. The van der Waals surface area contributed by atoms with Crippen molar-refractivity contribution in [2.24, 2.45) is 17.8 Å². The van der Waals surface area contributed by atoms with Crippen LogP contribution in [0.25, 0.3) is 0 Å². The number of carbonyl (C=O) groups excluding carboxylic acids is 1. The number of carbonyl (C=O) groups is 1. The van der Waals surface area contributed by atoms with E-state index in [9.17, 15) is 19.4 Å². The van der Waals surface area contributed by atoms with Crippen molar-refractivity contribution in [3.8, 4) is 0 Å². The maximum absolute atomic E-state index is 13.7. The Balaban J connectivity index is 1.91. The number of aliphatic hydroxyl groups is 2. The van der Waals surface area contributed by atoms with Crippen LogP contribution in [-0.4, -0.2) is 34.4 Å². The number of aliphatic hydroxyl groups excluding tert-OH is 2. The summed E-state index contributed by atoms with van der Waals surface area (Å²) in [6, 6.07) is 0. The molecule has 0 heterocycles. The standard InChI is InChI=1S/C16H25FO3/c1-2-3-4-14(17)15(19)6-5-12-13-9-11(18)7-10(13)8-16(12)20/h5-6,10,12-16,19-20H,2-4,7-9H2,1H3/b6-5+/t10-,12+,13-,14?,15?,16+/m0/s1. The van der Waals surface area contributed by atoms with Crippen LogP contribution in [0.3, 0.4) is 0 Å². The van der Waals surface area contributed by atoms with Crippen LogP contribution in [0.5, 0.6) is 0 Å². The van der Waals surface area contributed by atoms with Gasteiger partial charge in [0.1, 0.15) is 18.1 Å². The summed E-state index contributed by atoms with van der Waals surface area (Å²) >= 11 is 0. The summed E-state index contributed by atoms with van der Waals surface area (Å²) in [7, 11) is 0. The fourth-order valence-corrected chi connectivity index (χ4v) is 3.62. The third kappa shape index (κ3) is 3.47. The van der Waals surface area contributed by atoms with Gasteiger partial charge in [-0.25, -0.2) is 4.39 Å². The molecule has 114 valence electrons. The summed E-state index contributed by atoms with van der Waals surface area (Å²) in [5.41, 5.74) is 0. The topological polar surface area (TPSA) is 57.5 Å². The van der Waals surface area contributed by atoms with Crippen molar-refractivity contribution in [3.05, 3.63) is 12.2 Å². The number of alkyl halides is 1. The van der Waals surface area contributed by atoms with Gasteiger partial charge in [0.2, 0.25) is 0 Å². The van der Waals surface area contributed by atoms with E-state index in [0.717, 1.165) is 12.8 Å². The van der Waals surface area contributed by atoms with Gasteiger partial charge in [-0.3, -0.25) is 4.79 Å². The van der Waals surface area contributed by atoms with Crippen LogP contribution in [0.15, 0.2) is 12.2 Å². The average molecular weight is 284 g/mol. The fourth-order valence-electron chi connectivity index (χ4n) is 3.62. The highest BCUT2D eigenvalue weighted by Crippen LogP contribution is 2.46. The predicted molar refractivity (Wildman–Crippen MR) is 74.9 cm³/mol. The fraction of sp³-hybridized carbons (Fsp3) is 0.812. The Kier molecular flexibility index (Phi) is 5.33. The van der Waals surface area contributed by atoms with Crippen LogP contribution in [0.2, 0.25) is 0 Å². The van der Waals surface area contributed by atoms with Crippen molar-refractivity contribution in [3.63, 3.8) is 0 Å². The molecule has 2 N–H and O–H groups in total. The molecule has 0 amide bonds. The zero-order chi connectivity index (χ0) is 14.7. The summed E-state index contributed by atoms with van der Waals surface area (Å²) in [6.45, 7) is 1.99. The minimum atomic E-state index is -1.24. The second-order valence-electron chi connectivity index (χ2n) is 6.28. The molecule has 0 aromatic heterocycles. The summed E-state index contributed by atoms with van der Waals surface area (Å²) in [5, 5.41) is 19.8. The van der Waals surface area contributed by atoms with Gasteiger partial charge in [-0.2, -0.15) is 0 Å². The molecular weight excluding hydrogens is 259 g/mol. The zero-order valence-corrected chi connectivity index (χ0v) is 12.0. The minimum absolute atomic E-state index is 0.112. The highest BCUT2D eigenvalue weighted by molar-refractivity contribution is 5.81. The number of ketones is 1. The number of unbranched alkanes of at least 4 members (excludes halogenated alkanes) is 1. The van der Waals surface area contributed by atoms with Crippen molar-refractivity contribution in [1.29, 1.82) is 0 Å². The first kappa shape index (κ1) is 15.6. The lowest BCUT2D eigenvalue weighted by atomic mass is 9.90. The third-order valence-electron chi connectivity index (χ3n) is 4.78. The summed E-state index contributed by atoms with van der Waals surface area (Å²) in [5.74, 6) is 0.594. The number of hydrogen-bond acceptors (Lipinski definition) is 3. The highest BCUT2D eigenvalue weighted by atomic mass is 19.1. The summed E-state index contributed by atoms with van der Waals surface area (Å²) in [6.07, 6.45) is 4.15. The Hall–Kier alpha value is -0.740. The molecule has 2 fully saturated rings. The molecule has 0 aromatic carbocycles. The number of halogens is 1. The van der Waals surface area contributed by atoms with Crippen LogP contribution in [0, 0.1) is 17.8 Å². The molecule has 2 aliphatic rings. The lowest BCUT2D eigenvalue weighted by Crippen LogP contribution is -2.22. The predicted octanol–water partition coefficient (Wildman–Crippen LogP) is 2.41. The SMILES string of the molecule is CCCCC(F)C(O)/C=C/[C@@H]1[C@H]2CC(=O)C[C@H]2C[C@H]1O. The monoisotopic (exact) mass is 284 g/mol. The van der Waals surface area contributed by atoms with Crippen molar-refractivity contribution in [2.75, 3.05) is 0 Å². The maximum atomic E-state index is 13.7. The molecule has 2 saturated carbocycles. The molecule has 2 aliphatic carbocycles. The molecule has 4 heteroatoms. The number of Topliss-reactive ketones (excluding diaryl/α,β-unsaturated/α-hetero) is 1. The normalized spacial score (nSPS) is 36.5. The van der Waals surface area contributed by atoms with E-state index in [1.54, 1.807) is 6.08 Å². The molecule has 20 heavy (non-hydrogen) atoms. The van der Waals surface area contributed by atoms with Crippen LogP contribution in [-0.2, 0) is 4.79 Å². The van der Waals surface area contributed by atoms with E-state index in [2.05, 4.69) is 0 Å². The largest absolute Gasteiger partial charge is 0.392 e. The van der Waals surface area contributed by atoms with Crippen molar-refractivity contribution in [2.45, 2.75) is 63.8 Å². The molecule has 0 radical (unpaired) electrons. The number of fused-ring (bicyclic) bond motifs is 1.